The molecule has 1 heterocycles. The van der Waals surface area contributed by atoms with Crippen molar-refractivity contribution in [1.82, 2.24) is 4.98 Å². The van der Waals surface area contributed by atoms with Crippen molar-refractivity contribution in [3.63, 3.8) is 0 Å². The average Bonchev–Trinajstić information content (AvgIpc) is 2.33. The molecule has 4 nitrogen and oxygen atoms in total. The first-order valence-corrected chi connectivity index (χ1v) is 4.92. The van der Waals surface area contributed by atoms with Crippen LogP contribution in [0.2, 0.25) is 4.47 Å². The number of hydrogen-bond acceptors (Lipinski definition) is 4. The van der Waals surface area contributed by atoms with Gasteiger partial charge in [0, 0.05) is 5.38 Å². The fourth-order valence-corrected chi connectivity index (χ4v) is 1.35. The molecule has 1 amide bonds. The summed E-state index contributed by atoms with van der Waals surface area (Å²) in [6.07, 6.45) is -0.661. The largest absolute Gasteiger partial charge is 0.447 e. The highest BCUT2D eigenvalue weighted by molar-refractivity contribution is 7.14. The van der Waals surface area contributed by atoms with E-state index in [9.17, 15) is 4.79 Å². The zero-order valence-electron chi connectivity index (χ0n) is 7.20. The lowest BCUT2D eigenvalue weighted by molar-refractivity contribution is 0.130. The zero-order valence-corrected chi connectivity index (χ0v) is 8.78. The fraction of sp³-hybridized carbons (Fsp3) is 0.429. The molecule has 1 aromatic rings. The molecule has 0 aliphatic heterocycles. The highest BCUT2D eigenvalue weighted by Crippen LogP contribution is 2.18. The molecular formula is C7H9ClN2O2S. The predicted octanol–water partition coefficient (Wildman–Crippen LogP) is 2.75. The van der Waals surface area contributed by atoms with Gasteiger partial charge in [-0.15, -0.1) is 11.3 Å². The summed E-state index contributed by atoms with van der Waals surface area (Å²) in [5, 5.41) is 4.09. The third kappa shape index (κ3) is 3.61. The first-order valence-electron chi connectivity index (χ1n) is 3.66. The van der Waals surface area contributed by atoms with E-state index in [-0.39, 0.29) is 6.10 Å². The first kappa shape index (κ1) is 10.3. The van der Waals surface area contributed by atoms with Crippen LogP contribution < -0.4 is 5.32 Å². The summed E-state index contributed by atoms with van der Waals surface area (Å²) >= 11 is 6.81. The number of rotatable bonds is 2. The second-order valence-electron chi connectivity index (χ2n) is 2.56. The van der Waals surface area contributed by atoms with Gasteiger partial charge in [0.1, 0.15) is 5.82 Å². The van der Waals surface area contributed by atoms with Crippen molar-refractivity contribution < 1.29 is 9.53 Å². The Bertz CT molecular complexity index is 300. The van der Waals surface area contributed by atoms with Gasteiger partial charge in [-0.3, -0.25) is 5.32 Å². The average molecular weight is 221 g/mol. The summed E-state index contributed by atoms with van der Waals surface area (Å²) in [7, 11) is 0. The van der Waals surface area contributed by atoms with E-state index in [1.165, 1.54) is 11.3 Å². The Morgan fingerprint density at radius 3 is 2.92 bits per heavy atom. The van der Waals surface area contributed by atoms with Crippen molar-refractivity contribution in [3.8, 4) is 0 Å². The van der Waals surface area contributed by atoms with E-state index in [1.54, 1.807) is 19.2 Å². The maximum absolute atomic E-state index is 11.0. The zero-order chi connectivity index (χ0) is 9.84. The minimum absolute atomic E-state index is 0.144. The molecule has 0 aromatic carbocycles. The Morgan fingerprint density at radius 2 is 2.46 bits per heavy atom. The Labute approximate surface area is 84.9 Å². The maximum atomic E-state index is 11.0. The van der Waals surface area contributed by atoms with E-state index in [4.69, 9.17) is 16.3 Å². The molecule has 6 heteroatoms. The van der Waals surface area contributed by atoms with Gasteiger partial charge >= 0.3 is 6.09 Å². The molecule has 0 radical (unpaired) electrons. The van der Waals surface area contributed by atoms with Crippen molar-refractivity contribution in [1.29, 1.82) is 0 Å². The number of halogens is 1. The summed E-state index contributed by atoms with van der Waals surface area (Å²) < 4.78 is 5.22. The molecule has 72 valence electrons. The van der Waals surface area contributed by atoms with Gasteiger partial charge in [-0.05, 0) is 13.8 Å². The van der Waals surface area contributed by atoms with Crippen molar-refractivity contribution in [2.75, 3.05) is 5.32 Å². The van der Waals surface area contributed by atoms with Crippen LogP contribution in [0.15, 0.2) is 5.38 Å². The van der Waals surface area contributed by atoms with Crippen LogP contribution in [0.4, 0.5) is 10.6 Å². The third-order valence-corrected chi connectivity index (χ3v) is 2.03. The summed E-state index contributed by atoms with van der Waals surface area (Å²) in [6, 6.07) is 0. The molecule has 0 aliphatic carbocycles. The van der Waals surface area contributed by atoms with Gasteiger partial charge in [0.25, 0.3) is 0 Å². The minimum Gasteiger partial charge on any atom is -0.447 e. The molecular weight excluding hydrogens is 212 g/mol. The number of hydrogen-bond donors (Lipinski definition) is 1. The third-order valence-electron chi connectivity index (χ3n) is 1.05. The molecule has 13 heavy (non-hydrogen) atoms. The van der Waals surface area contributed by atoms with E-state index in [0.29, 0.717) is 10.3 Å². The van der Waals surface area contributed by atoms with Crippen molar-refractivity contribution in [2.24, 2.45) is 0 Å². The van der Waals surface area contributed by atoms with Crippen molar-refractivity contribution in [3.05, 3.63) is 9.85 Å². The Balaban J connectivity index is 2.45. The lowest BCUT2D eigenvalue weighted by Crippen LogP contribution is -2.18. The van der Waals surface area contributed by atoms with Crippen LogP contribution in [0.3, 0.4) is 0 Å². The van der Waals surface area contributed by atoms with Gasteiger partial charge in [-0.1, -0.05) is 11.6 Å². The second-order valence-corrected chi connectivity index (χ2v) is 4.00. The number of carbonyl (C=O) groups is 1. The molecule has 1 rings (SSSR count). The molecule has 1 aromatic heterocycles. The number of aromatic nitrogens is 1. The predicted molar refractivity (Wildman–Crippen MR) is 52.4 cm³/mol. The number of amides is 1. The summed E-state index contributed by atoms with van der Waals surface area (Å²) in [5.41, 5.74) is 0. The van der Waals surface area contributed by atoms with Crippen LogP contribution in [-0.2, 0) is 4.74 Å². The molecule has 0 atom stereocenters. The van der Waals surface area contributed by atoms with Crippen LogP contribution in [0.5, 0.6) is 0 Å². The van der Waals surface area contributed by atoms with Crippen LogP contribution >= 0.6 is 22.9 Å². The summed E-state index contributed by atoms with van der Waals surface area (Å²) in [4.78, 5) is 14.9. The Hall–Kier alpha value is -0.810. The van der Waals surface area contributed by atoms with Gasteiger partial charge in [0.15, 0.2) is 4.47 Å². The van der Waals surface area contributed by atoms with Gasteiger partial charge in [-0.25, -0.2) is 9.78 Å². The Morgan fingerprint density at radius 1 is 1.77 bits per heavy atom. The normalized spacial score (nSPS) is 10.2. The Kier molecular flexibility index (Phi) is 3.50. The molecule has 1 N–H and O–H groups in total. The summed E-state index contributed by atoms with van der Waals surface area (Å²) in [5.74, 6) is 0.417. The molecule has 0 saturated heterocycles. The number of anilines is 1. The van der Waals surface area contributed by atoms with Crippen LogP contribution in [-0.4, -0.2) is 17.2 Å². The van der Waals surface area contributed by atoms with E-state index >= 15 is 0 Å². The molecule has 0 unspecified atom stereocenters. The number of thiazole rings is 1. The van der Waals surface area contributed by atoms with Gasteiger partial charge < -0.3 is 4.74 Å². The standard InChI is InChI=1S/C7H9ClN2O2S/c1-4(2)12-7(11)10-5-3-13-6(8)9-5/h3-4H,1-2H3,(H,10,11). The highest BCUT2D eigenvalue weighted by Gasteiger charge is 2.07. The van der Waals surface area contributed by atoms with Crippen LogP contribution in [0.1, 0.15) is 13.8 Å². The lowest BCUT2D eigenvalue weighted by Gasteiger charge is -2.06. The molecule has 0 fully saturated rings. The molecule has 0 spiro atoms. The summed E-state index contributed by atoms with van der Waals surface area (Å²) in [6.45, 7) is 3.54. The van der Waals surface area contributed by atoms with E-state index in [1.807, 2.05) is 0 Å². The van der Waals surface area contributed by atoms with E-state index in [0.717, 1.165) is 0 Å². The number of nitrogens with zero attached hydrogens (tertiary/aromatic N) is 1. The van der Waals surface area contributed by atoms with E-state index in [2.05, 4.69) is 10.3 Å². The van der Waals surface area contributed by atoms with Crippen molar-refractivity contribution in [2.45, 2.75) is 20.0 Å². The number of ether oxygens (including phenoxy) is 1. The first-order chi connectivity index (χ1) is 6.08. The molecule has 0 aliphatic rings. The van der Waals surface area contributed by atoms with Crippen LogP contribution in [0.25, 0.3) is 0 Å². The van der Waals surface area contributed by atoms with Gasteiger partial charge in [0.05, 0.1) is 6.10 Å². The monoisotopic (exact) mass is 220 g/mol. The van der Waals surface area contributed by atoms with Gasteiger partial charge in [0.2, 0.25) is 0 Å². The van der Waals surface area contributed by atoms with E-state index < -0.39 is 6.09 Å². The quantitative estimate of drug-likeness (QED) is 0.834. The fourth-order valence-electron chi connectivity index (χ4n) is 0.657. The minimum atomic E-state index is -0.517. The highest BCUT2D eigenvalue weighted by atomic mass is 35.5. The molecule has 0 saturated carbocycles. The number of nitrogens with one attached hydrogen (secondary N) is 1. The number of carbonyl (C=O) groups excluding carboxylic acids is 1. The van der Waals surface area contributed by atoms with Gasteiger partial charge in [-0.2, -0.15) is 0 Å². The van der Waals surface area contributed by atoms with Crippen LogP contribution in [0, 0.1) is 0 Å². The van der Waals surface area contributed by atoms with Crippen molar-refractivity contribution >= 4 is 34.8 Å². The SMILES string of the molecule is CC(C)OC(=O)Nc1csc(Cl)n1. The topological polar surface area (TPSA) is 51.2 Å². The smallest absolute Gasteiger partial charge is 0.413 e. The maximum Gasteiger partial charge on any atom is 0.413 e. The second kappa shape index (κ2) is 4.43. The molecule has 0 bridgehead atoms. The lowest BCUT2D eigenvalue weighted by atomic mass is 10.5.